The molecule has 0 heterocycles. The molecule has 3 amide bonds. The molecule has 0 fully saturated rings. The highest BCUT2D eigenvalue weighted by atomic mass is 16.5. The summed E-state index contributed by atoms with van der Waals surface area (Å²) in [6, 6.07) is 13.0. The number of amides is 3. The van der Waals surface area contributed by atoms with E-state index in [0.717, 1.165) is 5.56 Å². The van der Waals surface area contributed by atoms with Crippen LogP contribution in [0.25, 0.3) is 0 Å². The van der Waals surface area contributed by atoms with Crippen LogP contribution in [0.3, 0.4) is 0 Å². The van der Waals surface area contributed by atoms with Crippen LogP contribution in [0.1, 0.15) is 36.7 Å². The van der Waals surface area contributed by atoms with Gasteiger partial charge in [-0.25, -0.2) is 0 Å². The molecule has 8 nitrogen and oxygen atoms in total. The second-order valence-corrected chi connectivity index (χ2v) is 6.71. The third-order valence-electron chi connectivity index (χ3n) is 4.15. The smallest absolute Gasteiger partial charge is 0.279 e. The number of hydrogen-bond donors (Lipinski definition) is 3. The van der Waals surface area contributed by atoms with Gasteiger partial charge in [0.1, 0.15) is 17.5 Å². The van der Waals surface area contributed by atoms with Crippen LogP contribution in [0.5, 0.6) is 11.5 Å². The molecule has 2 aromatic rings. The first-order chi connectivity index (χ1) is 14.3. The van der Waals surface area contributed by atoms with Crippen molar-refractivity contribution in [2.45, 2.75) is 39.8 Å². The molecular weight excluding hydrogens is 386 g/mol. The molecule has 0 radical (unpaired) electrons. The first kappa shape index (κ1) is 22.7. The van der Waals surface area contributed by atoms with Crippen LogP contribution in [-0.4, -0.2) is 36.5 Å². The zero-order valence-electron chi connectivity index (χ0n) is 17.5. The van der Waals surface area contributed by atoms with Gasteiger partial charge in [0.15, 0.2) is 6.10 Å². The average molecular weight is 413 g/mol. The van der Waals surface area contributed by atoms with Gasteiger partial charge in [-0.3, -0.25) is 25.2 Å². The van der Waals surface area contributed by atoms with E-state index in [4.69, 9.17) is 9.47 Å². The number of hydrogen-bond acceptors (Lipinski definition) is 5. The molecule has 0 aliphatic rings. The predicted molar refractivity (Wildman–Crippen MR) is 112 cm³/mol. The molecule has 3 N–H and O–H groups in total. The van der Waals surface area contributed by atoms with Crippen LogP contribution in [0, 0.1) is 6.92 Å². The van der Waals surface area contributed by atoms with E-state index in [1.807, 2.05) is 19.9 Å². The Morgan fingerprint density at radius 2 is 1.57 bits per heavy atom. The minimum atomic E-state index is -0.847. The minimum Gasteiger partial charge on any atom is -0.494 e. The summed E-state index contributed by atoms with van der Waals surface area (Å²) < 4.78 is 10.9. The number of ether oxygens (including phenoxy) is 2. The topological polar surface area (TPSA) is 106 Å². The molecule has 0 bridgehead atoms. The van der Waals surface area contributed by atoms with Crippen molar-refractivity contribution in [3.63, 3.8) is 0 Å². The van der Waals surface area contributed by atoms with Crippen molar-refractivity contribution in [3.05, 3.63) is 59.7 Å². The molecule has 0 aromatic heterocycles. The summed E-state index contributed by atoms with van der Waals surface area (Å²) in [6.07, 6.45) is -0.847. The van der Waals surface area contributed by atoms with Crippen LogP contribution < -0.4 is 25.6 Å². The molecule has 0 saturated heterocycles. The summed E-state index contributed by atoms with van der Waals surface area (Å²) >= 11 is 0. The molecule has 0 unspecified atom stereocenters. The van der Waals surface area contributed by atoms with Crippen LogP contribution >= 0.6 is 0 Å². The molecule has 8 heteroatoms. The Balaban J connectivity index is 1.79. The molecule has 0 saturated carbocycles. The minimum absolute atomic E-state index is 0.375. The van der Waals surface area contributed by atoms with Gasteiger partial charge in [-0.15, -0.1) is 0 Å². The van der Waals surface area contributed by atoms with E-state index in [1.165, 1.54) is 6.92 Å². The number of benzene rings is 2. The molecule has 2 aromatic carbocycles. The van der Waals surface area contributed by atoms with Crippen molar-refractivity contribution in [1.29, 1.82) is 0 Å². The second kappa shape index (κ2) is 10.8. The van der Waals surface area contributed by atoms with E-state index in [9.17, 15) is 14.4 Å². The third-order valence-corrected chi connectivity index (χ3v) is 4.15. The van der Waals surface area contributed by atoms with Gasteiger partial charge in [-0.1, -0.05) is 17.7 Å². The van der Waals surface area contributed by atoms with Gasteiger partial charge in [0, 0.05) is 5.56 Å². The monoisotopic (exact) mass is 413 g/mol. The Hall–Kier alpha value is -3.55. The van der Waals surface area contributed by atoms with Gasteiger partial charge in [-0.2, -0.15) is 0 Å². The van der Waals surface area contributed by atoms with Crippen molar-refractivity contribution in [2.24, 2.45) is 0 Å². The van der Waals surface area contributed by atoms with Crippen molar-refractivity contribution in [3.8, 4) is 11.5 Å². The predicted octanol–water partition coefficient (Wildman–Crippen LogP) is 2.13. The highest BCUT2D eigenvalue weighted by Crippen LogP contribution is 2.18. The van der Waals surface area contributed by atoms with E-state index in [1.54, 1.807) is 49.4 Å². The van der Waals surface area contributed by atoms with Crippen molar-refractivity contribution in [2.75, 3.05) is 6.61 Å². The lowest BCUT2D eigenvalue weighted by Gasteiger charge is -2.18. The largest absolute Gasteiger partial charge is 0.494 e. The van der Waals surface area contributed by atoms with Gasteiger partial charge < -0.3 is 14.8 Å². The maximum Gasteiger partial charge on any atom is 0.279 e. The van der Waals surface area contributed by atoms with Crippen LogP contribution in [0.2, 0.25) is 0 Å². The second-order valence-electron chi connectivity index (χ2n) is 6.71. The number of hydrazine groups is 1. The quantitative estimate of drug-likeness (QED) is 0.575. The molecule has 30 heavy (non-hydrogen) atoms. The van der Waals surface area contributed by atoms with Crippen molar-refractivity contribution >= 4 is 17.7 Å². The highest BCUT2D eigenvalue weighted by Gasteiger charge is 2.19. The van der Waals surface area contributed by atoms with E-state index >= 15 is 0 Å². The van der Waals surface area contributed by atoms with Gasteiger partial charge in [0.05, 0.1) is 6.61 Å². The lowest BCUT2D eigenvalue weighted by atomic mass is 10.1. The molecule has 0 aliphatic heterocycles. The Morgan fingerprint density at radius 3 is 2.20 bits per heavy atom. The van der Waals surface area contributed by atoms with Gasteiger partial charge in [0.2, 0.25) is 0 Å². The Kier molecular flexibility index (Phi) is 8.22. The summed E-state index contributed by atoms with van der Waals surface area (Å²) in [6.45, 7) is 7.40. The zero-order chi connectivity index (χ0) is 22.1. The van der Waals surface area contributed by atoms with E-state index in [0.29, 0.717) is 23.7 Å². The average Bonchev–Trinajstić information content (AvgIpc) is 2.73. The molecule has 0 spiro atoms. The van der Waals surface area contributed by atoms with E-state index in [2.05, 4.69) is 16.2 Å². The number of nitrogens with one attached hydrogen (secondary N) is 3. The summed E-state index contributed by atoms with van der Waals surface area (Å²) in [7, 11) is 0. The molecule has 2 atom stereocenters. The molecule has 160 valence electrons. The molecule has 0 aliphatic carbocycles. The lowest BCUT2D eigenvalue weighted by molar-refractivity contribution is -0.133. The Morgan fingerprint density at radius 1 is 0.933 bits per heavy atom. The third kappa shape index (κ3) is 6.80. The van der Waals surface area contributed by atoms with Gasteiger partial charge >= 0.3 is 0 Å². The number of carbonyl (C=O) groups is 3. The summed E-state index contributed by atoms with van der Waals surface area (Å²) in [5, 5.41) is 2.59. The Labute approximate surface area is 175 Å². The highest BCUT2D eigenvalue weighted by molar-refractivity contribution is 5.97. The lowest BCUT2D eigenvalue weighted by Crippen LogP contribution is -2.53. The van der Waals surface area contributed by atoms with Gasteiger partial charge in [0.25, 0.3) is 17.7 Å². The summed E-state index contributed by atoms with van der Waals surface area (Å²) in [4.78, 5) is 36.5. The maximum absolute atomic E-state index is 12.2. The normalized spacial score (nSPS) is 12.3. The van der Waals surface area contributed by atoms with E-state index < -0.39 is 24.0 Å². The number of carbonyl (C=O) groups excluding carboxylic acids is 3. The van der Waals surface area contributed by atoms with Crippen LogP contribution in [0.4, 0.5) is 0 Å². The first-order valence-corrected chi connectivity index (χ1v) is 9.67. The SMILES string of the molecule is CCOc1ccc(O[C@@H](C)C(=O)NNC(=O)[C@H](C)NC(=O)c2cccc(C)c2)cc1. The fourth-order valence-electron chi connectivity index (χ4n) is 2.50. The maximum atomic E-state index is 12.2. The molecular formula is C22H27N3O5. The zero-order valence-corrected chi connectivity index (χ0v) is 17.5. The van der Waals surface area contributed by atoms with Crippen LogP contribution in [0.15, 0.2) is 48.5 Å². The fraction of sp³-hybridized carbons (Fsp3) is 0.318. The first-order valence-electron chi connectivity index (χ1n) is 9.67. The van der Waals surface area contributed by atoms with E-state index in [-0.39, 0.29) is 5.91 Å². The number of rotatable bonds is 8. The Bertz CT molecular complexity index is 883. The van der Waals surface area contributed by atoms with Crippen molar-refractivity contribution < 1.29 is 23.9 Å². The standard InChI is InChI=1S/C22H27N3O5/c1-5-29-18-9-11-19(12-10-18)30-16(4)21(27)25-24-20(26)15(3)23-22(28)17-8-6-7-14(2)13-17/h6-13,15-16H,5H2,1-4H3,(H,23,28)(H,24,26)(H,25,27)/t15-,16-/m0/s1. The van der Waals surface area contributed by atoms with Crippen molar-refractivity contribution in [1.82, 2.24) is 16.2 Å². The summed E-state index contributed by atoms with van der Waals surface area (Å²) in [5.74, 6) is -0.269. The molecule has 2 rings (SSSR count). The van der Waals surface area contributed by atoms with Gasteiger partial charge in [-0.05, 0) is 64.1 Å². The van der Waals surface area contributed by atoms with Crippen LogP contribution in [-0.2, 0) is 9.59 Å². The summed E-state index contributed by atoms with van der Waals surface area (Å²) in [5.41, 5.74) is 5.98. The fourth-order valence-corrected chi connectivity index (χ4v) is 2.50. The number of aryl methyl sites for hydroxylation is 1.